The Labute approximate surface area is 365 Å². The standard InChI is InChI=1S/C20H18B3Br3O6Si2.C7H8.C6H6BBrO2.CH6O3Si/c1-33-27-21(15-3-9-18(24)10-4-15)30-34(2,31-22(28-33)16-5-11-19(25)12-6-16)32-23(29-33)17-7-13-20(26)14-8-17;1-7-5-3-2-4-6-7;8-6-3-1-5(2-4-6)7(9)10;1-5(2,3)4/h3-14H,1-2H3;2-6H,1H3;1-4,9-10H;2-4H,1H3. The Hall–Kier alpha value is -1.51. The second-order valence-corrected chi connectivity index (χ2v) is 23.1. The number of fused-ring (bicyclic) bond motifs is 6. The van der Waals surface area contributed by atoms with E-state index in [1.807, 2.05) is 104 Å². The molecule has 8 rings (SSSR count). The topological polar surface area (TPSA) is 157 Å². The summed E-state index contributed by atoms with van der Waals surface area (Å²) in [4.78, 5) is 23.3. The van der Waals surface area contributed by atoms with Gasteiger partial charge in [-0.1, -0.05) is 148 Å². The van der Waals surface area contributed by atoms with Crippen molar-refractivity contribution in [3.05, 3.63) is 151 Å². The van der Waals surface area contributed by atoms with E-state index in [0.717, 1.165) is 40.8 Å². The lowest BCUT2D eigenvalue weighted by Gasteiger charge is -2.45. The molecule has 0 unspecified atom stereocenters. The quantitative estimate of drug-likeness (QED) is 0.163. The van der Waals surface area contributed by atoms with Gasteiger partial charge in [0.2, 0.25) is 0 Å². The van der Waals surface area contributed by atoms with Crippen LogP contribution in [0.25, 0.3) is 0 Å². The molecule has 0 atom stereocenters. The summed E-state index contributed by atoms with van der Waals surface area (Å²) in [6.07, 6.45) is 0. The number of aryl methyl sites for hydroxylation is 1. The van der Waals surface area contributed by atoms with Crippen molar-refractivity contribution >= 4 is 140 Å². The molecule has 3 saturated heterocycles. The average Bonchev–Trinajstić information content (AvgIpc) is 3.11. The van der Waals surface area contributed by atoms with Gasteiger partial charge in [0.1, 0.15) is 0 Å². The summed E-state index contributed by atoms with van der Waals surface area (Å²) in [5.74, 6) is 0. The molecule has 0 aromatic heterocycles. The molecule has 5 N–H and O–H groups in total. The maximum atomic E-state index is 8.65. The highest BCUT2D eigenvalue weighted by Crippen LogP contribution is 2.28. The third-order valence-electron chi connectivity index (χ3n) is 7.46. The monoisotopic (exact) mass is 1070 g/mol. The van der Waals surface area contributed by atoms with Crippen molar-refractivity contribution < 1.29 is 50.5 Å². The van der Waals surface area contributed by atoms with Gasteiger partial charge in [-0.05, 0) is 77.3 Å². The maximum Gasteiger partial charge on any atom is 0.489 e. The average molecular weight is 1070 g/mol. The van der Waals surface area contributed by atoms with Crippen molar-refractivity contribution in [1.82, 2.24) is 0 Å². The smallest absolute Gasteiger partial charge is 0.423 e. The van der Waals surface area contributed by atoms with Crippen molar-refractivity contribution in [1.29, 1.82) is 0 Å². The maximum absolute atomic E-state index is 8.65. The van der Waals surface area contributed by atoms with Gasteiger partial charge in [-0.2, -0.15) is 0 Å². The Morgan fingerprint density at radius 1 is 0.482 bits per heavy atom. The van der Waals surface area contributed by atoms with Crippen LogP contribution >= 0.6 is 63.7 Å². The van der Waals surface area contributed by atoms with Crippen LogP contribution in [0.4, 0.5) is 0 Å². The number of benzene rings is 5. The fourth-order valence-electron chi connectivity index (χ4n) is 4.84. The van der Waals surface area contributed by atoms with Crippen LogP contribution in [0.1, 0.15) is 5.56 Å². The molecule has 3 aliphatic rings. The van der Waals surface area contributed by atoms with Crippen molar-refractivity contribution in [2.24, 2.45) is 0 Å². The van der Waals surface area contributed by atoms with Gasteiger partial charge in [0, 0.05) is 37.5 Å². The second-order valence-electron chi connectivity index (χ2n) is 12.6. The minimum Gasteiger partial charge on any atom is -0.423 e. The Morgan fingerprint density at radius 3 is 0.946 bits per heavy atom. The Kier molecular flexibility index (Phi) is 18.2. The molecule has 0 spiro atoms. The van der Waals surface area contributed by atoms with Crippen LogP contribution in [0.15, 0.2) is 145 Å². The lowest BCUT2D eigenvalue weighted by molar-refractivity contribution is 0.139. The minimum atomic E-state index is -3.61. The fourth-order valence-corrected chi connectivity index (χ4v) is 9.96. The first kappa shape index (κ1) is 47.2. The van der Waals surface area contributed by atoms with Crippen molar-refractivity contribution in [3.63, 3.8) is 0 Å². The van der Waals surface area contributed by atoms with Gasteiger partial charge in [0.25, 0.3) is 0 Å². The third kappa shape index (κ3) is 16.3. The number of hydrogen-bond acceptors (Lipinski definition) is 11. The molecule has 0 radical (unpaired) electrons. The highest BCUT2D eigenvalue weighted by atomic mass is 79.9. The van der Waals surface area contributed by atoms with Gasteiger partial charge in [-0.15, -0.1) is 0 Å². The fraction of sp³-hybridized carbons (Fsp3) is 0.118. The Balaban J connectivity index is 0.000000256. The SMILES string of the molecule is C[Si](O)(O)O.C[Si]12OB(c3ccc(Br)cc3)O[Si](C)(OB(c3ccc(Br)cc3)O1)OB(c1ccc(Br)cc1)O2.Cc1ccccc1.OB(O)c1ccc(Br)cc1. The summed E-state index contributed by atoms with van der Waals surface area (Å²) >= 11 is 13.7. The van der Waals surface area contributed by atoms with Gasteiger partial charge in [-0.3, -0.25) is 0 Å². The van der Waals surface area contributed by atoms with Crippen molar-refractivity contribution in [2.75, 3.05) is 0 Å². The van der Waals surface area contributed by atoms with E-state index in [-0.39, 0.29) is 0 Å². The normalized spacial score (nSPS) is 19.1. The van der Waals surface area contributed by atoms with E-state index in [9.17, 15) is 0 Å². The summed E-state index contributed by atoms with van der Waals surface area (Å²) in [7, 11) is -14.0. The summed E-state index contributed by atoms with van der Waals surface area (Å²) < 4.78 is 42.8. The first-order valence-electron chi connectivity index (χ1n) is 16.9. The molecule has 56 heavy (non-hydrogen) atoms. The largest absolute Gasteiger partial charge is 0.489 e. The Bertz CT molecular complexity index is 1770. The molecule has 3 heterocycles. The molecule has 292 valence electrons. The van der Waals surface area contributed by atoms with Crippen LogP contribution in [0, 0.1) is 6.92 Å². The van der Waals surface area contributed by atoms with Gasteiger partial charge < -0.3 is 50.5 Å². The number of halogens is 4. The molecule has 11 nitrogen and oxygen atoms in total. The van der Waals surface area contributed by atoms with Gasteiger partial charge in [0.15, 0.2) is 0 Å². The first-order valence-corrected chi connectivity index (χ1v) is 26.9. The zero-order chi connectivity index (χ0) is 41.1. The molecular formula is C34H38B4Br4O11Si3. The molecule has 22 heteroatoms. The molecule has 0 amide bonds. The molecular weight excluding hydrogens is 1030 g/mol. The zero-order valence-electron chi connectivity index (χ0n) is 30.6. The predicted molar refractivity (Wildman–Crippen MR) is 242 cm³/mol. The van der Waals surface area contributed by atoms with Gasteiger partial charge >= 0.3 is 54.9 Å². The third-order valence-corrected chi connectivity index (χ3v) is 13.4. The predicted octanol–water partition coefficient (Wildman–Crippen LogP) is 4.38. The van der Waals surface area contributed by atoms with E-state index in [1.165, 1.54) is 5.56 Å². The highest BCUT2D eigenvalue weighted by Gasteiger charge is 2.59. The van der Waals surface area contributed by atoms with E-state index in [4.69, 9.17) is 50.5 Å². The lowest BCUT2D eigenvalue weighted by Crippen LogP contribution is -2.72. The van der Waals surface area contributed by atoms with Gasteiger partial charge in [0.05, 0.1) is 0 Å². The molecule has 0 aliphatic carbocycles. The van der Waals surface area contributed by atoms with E-state index >= 15 is 0 Å². The number of hydrogen-bond donors (Lipinski definition) is 5. The van der Waals surface area contributed by atoms with Crippen LogP contribution in [-0.4, -0.2) is 79.3 Å². The summed E-state index contributed by atoms with van der Waals surface area (Å²) in [5.41, 5.74) is 4.29. The second kappa shape index (κ2) is 21.7. The lowest BCUT2D eigenvalue weighted by atomic mass is 9.80. The summed E-state index contributed by atoms with van der Waals surface area (Å²) in [6.45, 7) is 6.75. The van der Waals surface area contributed by atoms with Crippen molar-refractivity contribution in [3.8, 4) is 0 Å². The van der Waals surface area contributed by atoms with Crippen LogP contribution in [0.2, 0.25) is 19.6 Å². The molecule has 0 saturated carbocycles. The summed E-state index contributed by atoms with van der Waals surface area (Å²) in [5, 5.41) is 17.3. The first-order chi connectivity index (χ1) is 26.3. The molecule has 3 fully saturated rings. The van der Waals surface area contributed by atoms with Crippen LogP contribution < -0.4 is 21.9 Å². The highest BCUT2D eigenvalue weighted by molar-refractivity contribution is 9.11. The van der Waals surface area contributed by atoms with E-state index in [0.29, 0.717) is 5.46 Å². The van der Waals surface area contributed by atoms with Gasteiger partial charge in [-0.25, -0.2) is 0 Å². The molecule has 3 aliphatic heterocycles. The van der Waals surface area contributed by atoms with Crippen molar-refractivity contribution in [2.45, 2.75) is 26.6 Å². The Morgan fingerprint density at radius 2 is 0.732 bits per heavy atom. The number of rotatable bonds is 4. The minimum absolute atomic E-state index is 0.503. The van der Waals surface area contributed by atoms with E-state index in [1.54, 1.807) is 24.3 Å². The van der Waals surface area contributed by atoms with Crippen LogP contribution in [-0.2, 0) is 26.1 Å². The molecule has 5 aromatic carbocycles. The van der Waals surface area contributed by atoms with E-state index in [2.05, 4.69) is 82.8 Å². The van der Waals surface area contributed by atoms with E-state index < -0.39 is 54.9 Å². The van der Waals surface area contributed by atoms with Crippen LogP contribution in [0.3, 0.4) is 0 Å². The molecule has 2 bridgehead atoms. The summed E-state index contributed by atoms with van der Waals surface area (Å²) in [6, 6.07) is 40.3. The van der Waals surface area contributed by atoms with Crippen LogP contribution in [0.5, 0.6) is 0 Å². The zero-order valence-corrected chi connectivity index (χ0v) is 40.0. The molecule has 5 aromatic rings.